The summed E-state index contributed by atoms with van der Waals surface area (Å²) in [5.74, 6) is -4.09. The van der Waals surface area contributed by atoms with Gasteiger partial charge in [-0.15, -0.1) is 0 Å². The highest BCUT2D eigenvalue weighted by Gasteiger charge is 2.28. The molecule has 0 unspecified atom stereocenters. The number of hydrogen-bond donors (Lipinski definition) is 4. The van der Waals surface area contributed by atoms with E-state index in [0.29, 0.717) is 3.57 Å². The molecule has 0 radical (unpaired) electrons. The van der Waals surface area contributed by atoms with E-state index >= 15 is 0 Å². The molecule has 0 amide bonds. The minimum atomic E-state index is -1.64. The van der Waals surface area contributed by atoms with Gasteiger partial charge in [0.05, 0.1) is 17.8 Å². The molecular formula is C17H15IN2O9. The number of carboxylic acids is 2. The molecule has 11 nitrogen and oxygen atoms in total. The molecule has 5 N–H and O–H groups in total. The van der Waals surface area contributed by atoms with E-state index in [1.54, 1.807) is 0 Å². The van der Waals surface area contributed by atoms with Crippen LogP contribution in [-0.4, -0.2) is 53.9 Å². The van der Waals surface area contributed by atoms with Crippen LogP contribution in [0, 0.1) is 3.57 Å². The van der Waals surface area contributed by atoms with Gasteiger partial charge in [-0.05, 0) is 40.3 Å². The van der Waals surface area contributed by atoms with E-state index in [4.69, 9.17) is 15.2 Å². The number of ether oxygens (including phenoxy) is 3. The number of esters is 1. The second kappa shape index (κ2) is 8.81. The average Bonchev–Trinajstić information content (AvgIpc) is 2.64. The maximum absolute atomic E-state index is 12.1. The van der Waals surface area contributed by atoms with Gasteiger partial charge >= 0.3 is 17.9 Å². The number of carbonyl (C=O) groups excluding carboxylic acids is 1. The fourth-order valence-corrected chi connectivity index (χ4v) is 3.29. The van der Waals surface area contributed by atoms with Crippen LogP contribution in [0.4, 0.5) is 5.82 Å². The molecule has 1 heterocycles. The largest absolute Gasteiger partial charge is 0.493 e. The number of halogens is 1. The van der Waals surface area contributed by atoms with Crippen molar-refractivity contribution in [3.8, 4) is 22.6 Å². The van der Waals surface area contributed by atoms with E-state index < -0.39 is 47.0 Å². The number of aromatic amines is 1. The molecule has 0 atom stereocenters. The molecule has 0 aliphatic heterocycles. The minimum absolute atomic E-state index is 0.0456. The Kier molecular flexibility index (Phi) is 6.68. The molecule has 1 aromatic carbocycles. The first-order valence-electron chi connectivity index (χ1n) is 7.72. The number of aromatic nitrogens is 1. The fourth-order valence-electron chi connectivity index (χ4n) is 2.53. The van der Waals surface area contributed by atoms with Crippen molar-refractivity contribution >= 4 is 46.3 Å². The molecule has 2 aromatic rings. The number of nitrogens with two attached hydrogens (primary N) is 1. The summed E-state index contributed by atoms with van der Waals surface area (Å²) in [4.78, 5) is 48.9. The summed E-state index contributed by atoms with van der Waals surface area (Å²) in [5, 5.41) is 19.0. The van der Waals surface area contributed by atoms with Gasteiger partial charge in [-0.2, -0.15) is 0 Å². The Morgan fingerprint density at radius 1 is 1.14 bits per heavy atom. The number of aromatic carboxylic acids is 2. The molecule has 1 aromatic heterocycles. The van der Waals surface area contributed by atoms with Crippen LogP contribution in [0.1, 0.15) is 20.7 Å². The maximum atomic E-state index is 12.1. The highest BCUT2D eigenvalue weighted by molar-refractivity contribution is 14.1. The van der Waals surface area contributed by atoms with Gasteiger partial charge < -0.3 is 35.1 Å². The van der Waals surface area contributed by atoms with Crippen LogP contribution >= 0.6 is 22.6 Å². The van der Waals surface area contributed by atoms with Gasteiger partial charge in [0.25, 0.3) is 5.56 Å². The number of nitrogen functional groups attached to an aromatic ring is 1. The third kappa shape index (κ3) is 4.42. The van der Waals surface area contributed by atoms with Crippen molar-refractivity contribution in [2.45, 2.75) is 0 Å². The number of hydrogen-bond acceptors (Lipinski definition) is 8. The van der Waals surface area contributed by atoms with E-state index in [2.05, 4.69) is 4.74 Å². The predicted octanol–water partition coefficient (Wildman–Crippen LogP) is 1.19. The third-order valence-corrected chi connectivity index (χ3v) is 4.55. The van der Waals surface area contributed by atoms with Gasteiger partial charge in [0.2, 0.25) is 0 Å². The first-order chi connectivity index (χ1) is 13.6. The average molecular weight is 518 g/mol. The molecule has 0 spiro atoms. The molecule has 0 fully saturated rings. The van der Waals surface area contributed by atoms with Crippen LogP contribution in [0.3, 0.4) is 0 Å². The van der Waals surface area contributed by atoms with Crippen molar-refractivity contribution in [2.75, 3.05) is 26.6 Å². The number of anilines is 1. The van der Waals surface area contributed by atoms with Crippen LogP contribution in [0.25, 0.3) is 11.1 Å². The Bertz CT molecular complexity index is 1060. The summed E-state index contributed by atoms with van der Waals surface area (Å²) in [6.07, 6.45) is 0. The van der Waals surface area contributed by atoms with Gasteiger partial charge in [0.15, 0.2) is 18.1 Å². The van der Waals surface area contributed by atoms with Gasteiger partial charge in [0, 0.05) is 5.56 Å². The normalized spacial score (nSPS) is 10.3. The lowest BCUT2D eigenvalue weighted by atomic mass is 9.95. The van der Waals surface area contributed by atoms with Crippen molar-refractivity contribution in [1.29, 1.82) is 0 Å². The van der Waals surface area contributed by atoms with Crippen LogP contribution in [-0.2, 0) is 9.53 Å². The van der Waals surface area contributed by atoms with Crippen molar-refractivity contribution < 1.29 is 38.8 Å². The number of carboxylic acid groups (broad SMARTS) is 2. The molecule has 0 aliphatic carbocycles. The molecule has 29 heavy (non-hydrogen) atoms. The number of H-pyrrole nitrogens is 1. The number of carbonyl (C=O) groups is 3. The maximum Gasteiger partial charge on any atom is 0.343 e. The third-order valence-electron chi connectivity index (χ3n) is 3.75. The van der Waals surface area contributed by atoms with E-state index in [1.165, 1.54) is 26.4 Å². The highest BCUT2D eigenvalue weighted by Crippen LogP contribution is 2.39. The Morgan fingerprint density at radius 3 is 2.28 bits per heavy atom. The van der Waals surface area contributed by atoms with E-state index in [-0.39, 0.29) is 22.6 Å². The van der Waals surface area contributed by atoms with Crippen molar-refractivity contribution in [1.82, 2.24) is 4.98 Å². The molecule has 0 saturated carbocycles. The van der Waals surface area contributed by atoms with Crippen LogP contribution in [0.2, 0.25) is 0 Å². The second-order valence-electron chi connectivity index (χ2n) is 5.46. The quantitative estimate of drug-likeness (QED) is 0.307. The van der Waals surface area contributed by atoms with E-state index in [0.717, 1.165) is 0 Å². The molecule has 12 heteroatoms. The van der Waals surface area contributed by atoms with Gasteiger partial charge in [-0.3, -0.25) is 4.79 Å². The summed E-state index contributed by atoms with van der Waals surface area (Å²) < 4.78 is 15.4. The van der Waals surface area contributed by atoms with Gasteiger partial charge in [0.1, 0.15) is 16.9 Å². The predicted molar refractivity (Wildman–Crippen MR) is 108 cm³/mol. The zero-order valence-corrected chi connectivity index (χ0v) is 17.2. The lowest BCUT2D eigenvalue weighted by Gasteiger charge is -2.16. The van der Waals surface area contributed by atoms with E-state index in [1.807, 2.05) is 27.6 Å². The molecule has 2 rings (SSSR count). The lowest BCUT2D eigenvalue weighted by Crippen LogP contribution is -2.24. The van der Waals surface area contributed by atoms with Crippen molar-refractivity contribution in [3.05, 3.63) is 37.2 Å². The Labute approximate surface area is 176 Å². The monoisotopic (exact) mass is 518 g/mol. The number of nitrogens with one attached hydrogen (secondary N) is 1. The number of rotatable bonds is 7. The standard InChI is InChI=1S/C17H15IN2O9/c1-27-8-4-6(3-7(18)13(8)29-5-9(21)28-2)10-11(16(23)24)14(19)20-15(22)12(10)17(25)26/h3-4H,5H2,1-2H3,(H,23,24)(H,25,26)(H3,19,20,22). The Balaban J connectivity index is 2.80. The molecular weight excluding hydrogens is 503 g/mol. The summed E-state index contributed by atoms with van der Waals surface area (Å²) >= 11 is 1.83. The number of pyridine rings is 1. The zero-order chi connectivity index (χ0) is 21.9. The molecule has 0 bridgehead atoms. The fraction of sp³-hybridized carbons (Fsp3) is 0.176. The van der Waals surface area contributed by atoms with Gasteiger partial charge in [-0.25, -0.2) is 14.4 Å². The minimum Gasteiger partial charge on any atom is -0.493 e. The second-order valence-corrected chi connectivity index (χ2v) is 6.62. The number of benzene rings is 1. The zero-order valence-electron chi connectivity index (χ0n) is 15.1. The smallest absolute Gasteiger partial charge is 0.343 e. The highest BCUT2D eigenvalue weighted by atomic mass is 127. The first kappa shape index (κ1) is 22.0. The van der Waals surface area contributed by atoms with Crippen LogP contribution < -0.4 is 20.8 Å². The summed E-state index contributed by atoms with van der Waals surface area (Å²) in [6, 6.07) is 2.66. The van der Waals surface area contributed by atoms with Gasteiger partial charge in [-0.1, -0.05) is 0 Å². The SMILES string of the molecule is COC(=O)COc1c(I)cc(-c2c(C(=O)O)c(N)[nH]c(=O)c2C(=O)O)cc1OC. The summed E-state index contributed by atoms with van der Waals surface area (Å²) in [5.41, 5.74) is 2.85. The molecule has 154 valence electrons. The van der Waals surface area contributed by atoms with Crippen LogP contribution in [0.5, 0.6) is 11.5 Å². The number of methoxy groups -OCH3 is 2. The Hall–Kier alpha value is -3.29. The van der Waals surface area contributed by atoms with E-state index in [9.17, 15) is 29.4 Å². The molecule has 0 saturated heterocycles. The topological polar surface area (TPSA) is 178 Å². The lowest BCUT2D eigenvalue weighted by molar-refractivity contribution is -0.142. The van der Waals surface area contributed by atoms with Crippen LogP contribution in [0.15, 0.2) is 16.9 Å². The molecule has 0 aliphatic rings. The Morgan fingerprint density at radius 2 is 1.76 bits per heavy atom. The summed E-state index contributed by atoms with van der Waals surface area (Å²) in [6.45, 7) is -0.416. The van der Waals surface area contributed by atoms with Crippen molar-refractivity contribution in [3.63, 3.8) is 0 Å². The summed E-state index contributed by atoms with van der Waals surface area (Å²) in [7, 11) is 2.48. The first-order valence-corrected chi connectivity index (χ1v) is 8.80. The van der Waals surface area contributed by atoms with Crippen molar-refractivity contribution in [2.24, 2.45) is 0 Å².